The lowest BCUT2D eigenvalue weighted by Gasteiger charge is -2.25. The first kappa shape index (κ1) is 23.5. The molecule has 2 aromatic rings. The molecule has 0 fully saturated rings. The maximum Gasteiger partial charge on any atom is 0.278 e. The summed E-state index contributed by atoms with van der Waals surface area (Å²) in [5.74, 6) is 0.0970. The second kappa shape index (κ2) is 11.5. The number of benzene rings is 2. The lowest BCUT2D eigenvalue weighted by molar-refractivity contribution is -0.138. The van der Waals surface area contributed by atoms with Crippen molar-refractivity contribution < 1.29 is 23.8 Å². The van der Waals surface area contributed by atoms with Crippen molar-refractivity contribution in [2.45, 2.75) is 13.5 Å². The Hall–Kier alpha value is -3.16. The SMILES string of the molecule is CCOc1ccc(C2=C(N(CCOC)CCOC)C(=O)N(Cc3ccccc3)C2=O)cc1. The van der Waals surface area contributed by atoms with Crippen molar-refractivity contribution >= 4 is 17.4 Å². The summed E-state index contributed by atoms with van der Waals surface area (Å²) >= 11 is 0. The van der Waals surface area contributed by atoms with E-state index in [-0.39, 0.29) is 18.4 Å². The third-order valence-corrected chi connectivity index (χ3v) is 5.23. The van der Waals surface area contributed by atoms with E-state index >= 15 is 0 Å². The lowest BCUT2D eigenvalue weighted by atomic mass is 10.0. The lowest BCUT2D eigenvalue weighted by Crippen LogP contribution is -2.37. The molecule has 0 N–H and O–H groups in total. The van der Waals surface area contributed by atoms with Gasteiger partial charge in [0, 0.05) is 27.3 Å². The molecule has 3 rings (SSSR count). The predicted octanol–water partition coefficient (Wildman–Crippen LogP) is 2.96. The molecule has 1 heterocycles. The number of amides is 2. The van der Waals surface area contributed by atoms with E-state index in [4.69, 9.17) is 14.2 Å². The van der Waals surface area contributed by atoms with E-state index in [9.17, 15) is 9.59 Å². The van der Waals surface area contributed by atoms with E-state index < -0.39 is 0 Å². The molecule has 1 aliphatic heterocycles. The minimum absolute atomic E-state index is 0.213. The van der Waals surface area contributed by atoms with Crippen LogP contribution in [0.25, 0.3) is 5.57 Å². The molecule has 170 valence electrons. The van der Waals surface area contributed by atoms with Gasteiger partial charge in [0.25, 0.3) is 11.8 Å². The van der Waals surface area contributed by atoms with Gasteiger partial charge in [-0.2, -0.15) is 0 Å². The van der Waals surface area contributed by atoms with Crippen LogP contribution >= 0.6 is 0 Å². The molecule has 0 atom stereocenters. The number of hydrogen-bond donors (Lipinski definition) is 0. The van der Waals surface area contributed by atoms with Crippen molar-refractivity contribution in [3.63, 3.8) is 0 Å². The molecular formula is C25H30N2O5. The largest absolute Gasteiger partial charge is 0.494 e. The van der Waals surface area contributed by atoms with Gasteiger partial charge in [-0.05, 0) is 30.2 Å². The third kappa shape index (κ3) is 5.36. The Labute approximate surface area is 189 Å². The van der Waals surface area contributed by atoms with Crippen LogP contribution in [0.3, 0.4) is 0 Å². The van der Waals surface area contributed by atoms with Gasteiger partial charge < -0.3 is 19.1 Å². The van der Waals surface area contributed by atoms with Gasteiger partial charge in [-0.3, -0.25) is 14.5 Å². The highest BCUT2D eigenvalue weighted by Gasteiger charge is 2.41. The maximum atomic E-state index is 13.5. The number of hydrogen-bond acceptors (Lipinski definition) is 6. The molecule has 0 saturated heterocycles. The van der Waals surface area contributed by atoms with Gasteiger partial charge >= 0.3 is 0 Å². The van der Waals surface area contributed by atoms with Crippen molar-refractivity contribution in [2.24, 2.45) is 0 Å². The highest BCUT2D eigenvalue weighted by atomic mass is 16.5. The molecule has 0 bridgehead atoms. The van der Waals surface area contributed by atoms with E-state index in [0.29, 0.717) is 55.5 Å². The van der Waals surface area contributed by atoms with E-state index in [0.717, 1.165) is 5.56 Å². The van der Waals surface area contributed by atoms with Gasteiger partial charge in [0.05, 0.1) is 31.9 Å². The summed E-state index contributed by atoms with van der Waals surface area (Å²) in [6.45, 7) is 4.46. The average molecular weight is 439 g/mol. The molecule has 0 unspecified atom stereocenters. The number of rotatable bonds is 12. The first-order valence-corrected chi connectivity index (χ1v) is 10.7. The van der Waals surface area contributed by atoms with Crippen LogP contribution in [0.15, 0.2) is 60.3 Å². The summed E-state index contributed by atoms with van der Waals surface area (Å²) in [6.07, 6.45) is 0. The predicted molar refractivity (Wildman–Crippen MR) is 122 cm³/mol. The Morgan fingerprint density at radius 1 is 0.844 bits per heavy atom. The molecule has 7 heteroatoms. The molecule has 2 aromatic carbocycles. The van der Waals surface area contributed by atoms with Crippen molar-refractivity contribution in [1.29, 1.82) is 0 Å². The van der Waals surface area contributed by atoms with E-state index in [2.05, 4.69) is 0 Å². The van der Waals surface area contributed by atoms with Crippen LogP contribution in [0.2, 0.25) is 0 Å². The minimum atomic E-state index is -0.310. The van der Waals surface area contributed by atoms with Crippen LogP contribution < -0.4 is 4.74 Å². The number of ether oxygens (including phenoxy) is 3. The van der Waals surface area contributed by atoms with Gasteiger partial charge in [0.2, 0.25) is 0 Å². The zero-order chi connectivity index (χ0) is 22.9. The topological polar surface area (TPSA) is 68.3 Å². The fraction of sp³-hybridized carbons (Fsp3) is 0.360. The maximum absolute atomic E-state index is 13.5. The van der Waals surface area contributed by atoms with Crippen LogP contribution in [-0.2, 0) is 25.6 Å². The molecule has 0 aliphatic carbocycles. The summed E-state index contributed by atoms with van der Waals surface area (Å²) in [5, 5.41) is 0. The van der Waals surface area contributed by atoms with E-state index in [1.165, 1.54) is 4.90 Å². The van der Waals surface area contributed by atoms with Gasteiger partial charge in [0.15, 0.2) is 0 Å². The van der Waals surface area contributed by atoms with Crippen LogP contribution in [0.1, 0.15) is 18.1 Å². The second-order valence-corrected chi connectivity index (χ2v) is 7.34. The van der Waals surface area contributed by atoms with Gasteiger partial charge in [-0.25, -0.2) is 0 Å². The molecule has 2 amide bonds. The zero-order valence-corrected chi connectivity index (χ0v) is 18.9. The highest BCUT2D eigenvalue weighted by Crippen LogP contribution is 2.33. The molecule has 0 radical (unpaired) electrons. The summed E-state index contributed by atoms with van der Waals surface area (Å²) in [6, 6.07) is 16.8. The Bertz CT molecular complexity index is 933. The molecule has 0 spiro atoms. The quantitative estimate of drug-likeness (QED) is 0.475. The van der Waals surface area contributed by atoms with Crippen LogP contribution in [0.4, 0.5) is 0 Å². The molecule has 7 nitrogen and oxygen atoms in total. The van der Waals surface area contributed by atoms with Gasteiger partial charge in [0.1, 0.15) is 11.4 Å². The van der Waals surface area contributed by atoms with Crippen LogP contribution in [0, 0.1) is 0 Å². The minimum Gasteiger partial charge on any atom is -0.494 e. The number of carbonyl (C=O) groups is 2. The van der Waals surface area contributed by atoms with Crippen molar-refractivity contribution in [3.8, 4) is 5.75 Å². The summed E-state index contributed by atoms with van der Waals surface area (Å²) in [4.78, 5) is 30.2. The second-order valence-electron chi connectivity index (χ2n) is 7.34. The van der Waals surface area contributed by atoms with Crippen LogP contribution in [-0.4, -0.2) is 68.7 Å². The number of imide groups is 1. The standard InChI is InChI=1S/C25H30N2O5/c1-4-32-21-12-10-20(11-13-21)22-23(26(14-16-30-2)15-17-31-3)25(29)27(24(22)28)18-19-8-6-5-7-9-19/h5-13H,4,14-18H2,1-3H3. The number of carbonyl (C=O) groups excluding carboxylic acids is 2. The van der Waals surface area contributed by atoms with E-state index in [1.54, 1.807) is 14.2 Å². The number of nitrogens with zero attached hydrogens (tertiary/aromatic N) is 2. The average Bonchev–Trinajstić information content (AvgIpc) is 3.05. The first-order valence-electron chi connectivity index (χ1n) is 10.7. The molecular weight excluding hydrogens is 408 g/mol. The Kier molecular flexibility index (Phi) is 8.41. The molecule has 32 heavy (non-hydrogen) atoms. The Morgan fingerprint density at radius 2 is 1.47 bits per heavy atom. The highest BCUT2D eigenvalue weighted by molar-refractivity contribution is 6.35. The van der Waals surface area contributed by atoms with Crippen LogP contribution in [0.5, 0.6) is 5.75 Å². The fourth-order valence-corrected chi connectivity index (χ4v) is 3.65. The Balaban J connectivity index is 2.02. The van der Waals surface area contributed by atoms with E-state index in [1.807, 2.05) is 66.4 Å². The van der Waals surface area contributed by atoms with Crippen molar-refractivity contribution in [1.82, 2.24) is 9.80 Å². The summed E-state index contributed by atoms with van der Waals surface area (Å²) in [5.41, 5.74) is 2.34. The number of methoxy groups -OCH3 is 2. The molecule has 1 aliphatic rings. The zero-order valence-electron chi connectivity index (χ0n) is 18.9. The first-order chi connectivity index (χ1) is 15.6. The summed E-state index contributed by atoms with van der Waals surface area (Å²) < 4.78 is 16.0. The van der Waals surface area contributed by atoms with Crippen molar-refractivity contribution in [3.05, 3.63) is 71.4 Å². The van der Waals surface area contributed by atoms with Crippen molar-refractivity contribution in [2.75, 3.05) is 47.1 Å². The molecule has 0 saturated carbocycles. The smallest absolute Gasteiger partial charge is 0.278 e. The molecule has 0 aromatic heterocycles. The van der Waals surface area contributed by atoms with Gasteiger partial charge in [-0.1, -0.05) is 42.5 Å². The normalized spacial score (nSPS) is 13.8. The third-order valence-electron chi connectivity index (χ3n) is 5.23. The van der Waals surface area contributed by atoms with Gasteiger partial charge in [-0.15, -0.1) is 0 Å². The summed E-state index contributed by atoms with van der Waals surface area (Å²) in [7, 11) is 3.22. The monoisotopic (exact) mass is 438 g/mol. The fourth-order valence-electron chi connectivity index (χ4n) is 3.65. The Morgan fingerprint density at radius 3 is 2.03 bits per heavy atom.